The number of ether oxygens (including phenoxy) is 1. The van der Waals surface area contributed by atoms with Gasteiger partial charge >= 0.3 is 0 Å². The molecule has 1 aromatic carbocycles. The summed E-state index contributed by atoms with van der Waals surface area (Å²) in [5.41, 5.74) is 5.49. The van der Waals surface area contributed by atoms with Crippen molar-refractivity contribution >= 4 is 0 Å². The van der Waals surface area contributed by atoms with Crippen LogP contribution in [0.4, 0.5) is 0 Å². The number of rotatable bonds is 6. The molecule has 1 atom stereocenters. The minimum Gasteiger partial charge on any atom is -0.493 e. The van der Waals surface area contributed by atoms with Crippen LogP contribution in [0, 0.1) is 5.92 Å². The quantitative estimate of drug-likeness (QED) is 0.798. The van der Waals surface area contributed by atoms with E-state index in [2.05, 4.69) is 6.92 Å². The second kappa shape index (κ2) is 6.03. The van der Waals surface area contributed by atoms with Crippen molar-refractivity contribution < 1.29 is 9.84 Å². The van der Waals surface area contributed by atoms with Crippen molar-refractivity contribution in [3.05, 3.63) is 29.8 Å². The Morgan fingerprint density at radius 3 is 2.53 bits per heavy atom. The van der Waals surface area contributed by atoms with Crippen LogP contribution >= 0.6 is 0 Å². The maximum atomic E-state index is 10.6. The molecule has 0 fully saturated rings. The Bertz CT molecular complexity index is 352. The third kappa shape index (κ3) is 2.99. The van der Waals surface area contributed by atoms with Crippen LogP contribution in [0.2, 0.25) is 0 Å². The zero-order valence-electron chi connectivity index (χ0n) is 10.9. The fraction of sp³-hybridized carbons (Fsp3) is 0.571. The summed E-state index contributed by atoms with van der Waals surface area (Å²) in [5.74, 6) is 0.773. The second-order valence-electron chi connectivity index (χ2n) is 4.63. The highest BCUT2D eigenvalue weighted by Gasteiger charge is 2.34. The van der Waals surface area contributed by atoms with Crippen molar-refractivity contribution in [2.24, 2.45) is 11.7 Å². The number of nitrogens with two attached hydrogens (primary N) is 1. The molecule has 0 aliphatic carbocycles. The molecule has 3 heteroatoms. The summed E-state index contributed by atoms with van der Waals surface area (Å²) >= 11 is 0. The van der Waals surface area contributed by atoms with Crippen molar-refractivity contribution in [3.63, 3.8) is 0 Å². The predicted molar refractivity (Wildman–Crippen MR) is 70.0 cm³/mol. The van der Waals surface area contributed by atoms with Gasteiger partial charge in [-0.1, -0.05) is 39.0 Å². The Balaban J connectivity index is 3.10. The van der Waals surface area contributed by atoms with E-state index in [1.54, 1.807) is 0 Å². The van der Waals surface area contributed by atoms with E-state index < -0.39 is 5.60 Å². The van der Waals surface area contributed by atoms with E-state index in [0.29, 0.717) is 6.61 Å². The summed E-state index contributed by atoms with van der Waals surface area (Å²) in [5, 5.41) is 10.6. The highest BCUT2D eigenvalue weighted by atomic mass is 16.5. The molecule has 0 radical (unpaired) electrons. The molecule has 0 heterocycles. The molecule has 1 unspecified atom stereocenters. The molecule has 0 bridgehead atoms. The van der Waals surface area contributed by atoms with Gasteiger partial charge in [-0.15, -0.1) is 0 Å². The van der Waals surface area contributed by atoms with Gasteiger partial charge in [-0.3, -0.25) is 0 Å². The molecule has 17 heavy (non-hydrogen) atoms. The zero-order valence-corrected chi connectivity index (χ0v) is 10.9. The molecule has 1 aromatic rings. The summed E-state index contributed by atoms with van der Waals surface area (Å²) in [6, 6.07) is 7.58. The number of aliphatic hydroxyl groups is 1. The van der Waals surface area contributed by atoms with Gasteiger partial charge in [0.25, 0.3) is 0 Å². The van der Waals surface area contributed by atoms with Crippen LogP contribution in [0.15, 0.2) is 24.3 Å². The van der Waals surface area contributed by atoms with E-state index >= 15 is 0 Å². The Morgan fingerprint density at radius 2 is 2.00 bits per heavy atom. The molecule has 0 amide bonds. The van der Waals surface area contributed by atoms with E-state index in [4.69, 9.17) is 10.5 Å². The van der Waals surface area contributed by atoms with Crippen molar-refractivity contribution in [2.45, 2.75) is 32.8 Å². The number of hydrogen-bond donors (Lipinski definition) is 2. The van der Waals surface area contributed by atoms with Crippen molar-refractivity contribution in [1.82, 2.24) is 0 Å². The van der Waals surface area contributed by atoms with E-state index in [1.807, 2.05) is 38.1 Å². The molecule has 0 saturated carbocycles. The van der Waals surface area contributed by atoms with Gasteiger partial charge in [0.2, 0.25) is 0 Å². The highest BCUT2D eigenvalue weighted by Crippen LogP contribution is 2.34. The van der Waals surface area contributed by atoms with Crippen molar-refractivity contribution in [3.8, 4) is 5.75 Å². The Morgan fingerprint density at radius 1 is 1.35 bits per heavy atom. The molecule has 0 spiro atoms. The third-order valence-corrected chi connectivity index (χ3v) is 3.08. The minimum atomic E-state index is -1.02. The van der Waals surface area contributed by atoms with Crippen LogP contribution in [-0.4, -0.2) is 18.3 Å². The maximum absolute atomic E-state index is 10.6. The molecule has 0 saturated heterocycles. The first kappa shape index (κ1) is 14.0. The smallest absolute Gasteiger partial charge is 0.125 e. The second-order valence-corrected chi connectivity index (χ2v) is 4.63. The number of benzene rings is 1. The third-order valence-electron chi connectivity index (χ3n) is 3.08. The fourth-order valence-corrected chi connectivity index (χ4v) is 1.82. The average molecular weight is 237 g/mol. The van der Waals surface area contributed by atoms with Gasteiger partial charge in [0.1, 0.15) is 11.4 Å². The minimum absolute atomic E-state index is 0.0406. The van der Waals surface area contributed by atoms with Gasteiger partial charge in [0, 0.05) is 12.1 Å². The van der Waals surface area contributed by atoms with Gasteiger partial charge in [0.15, 0.2) is 0 Å². The lowest BCUT2D eigenvalue weighted by molar-refractivity contribution is -0.00360. The fourth-order valence-electron chi connectivity index (χ4n) is 1.82. The van der Waals surface area contributed by atoms with Gasteiger partial charge in [0.05, 0.1) is 6.61 Å². The standard InChI is InChI=1S/C14H23NO2/c1-4-9-17-13-8-6-5-7-12(13)14(16,10-15)11(2)3/h5-8,11,16H,4,9-10,15H2,1-3H3. The topological polar surface area (TPSA) is 55.5 Å². The molecule has 3 nitrogen and oxygen atoms in total. The Kier molecular flexibility index (Phi) is 4.97. The van der Waals surface area contributed by atoms with Crippen LogP contribution < -0.4 is 10.5 Å². The SMILES string of the molecule is CCCOc1ccccc1C(O)(CN)C(C)C. The zero-order chi connectivity index (χ0) is 12.9. The average Bonchev–Trinajstić information content (AvgIpc) is 2.35. The lowest BCUT2D eigenvalue weighted by atomic mass is 9.83. The first-order valence-corrected chi connectivity index (χ1v) is 6.21. The van der Waals surface area contributed by atoms with E-state index in [0.717, 1.165) is 17.7 Å². The first-order chi connectivity index (χ1) is 8.06. The van der Waals surface area contributed by atoms with Gasteiger partial charge in [-0.2, -0.15) is 0 Å². The van der Waals surface area contributed by atoms with Crippen molar-refractivity contribution in [1.29, 1.82) is 0 Å². The lowest BCUT2D eigenvalue weighted by Gasteiger charge is -2.32. The summed E-state index contributed by atoms with van der Waals surface area (Å²) in [7, 11) is 0. The van der Waals surface area contributed by atoms with Gasteiger partial charge in [-0.25, -0.2) is 0 Å². The number of para-hydroxylation sites is 1. The molecule has 3 N–H and O–H groups in total. The van der Waals surface area contributed by atoms with Crippen LogP contribution in [0.5, 0.6) is 5.75 Å². The Labute approximate surface area is 104 Å². The Hall–Kier alpha value is -1.06. The van der Waals surface area contributed by atoms with Gasteiger partial charge < -0.3 is 15.6 Å². The van der Waals surface area contributed by atoms with Crippen LogP contribution in [0.3, 0.4) is 0 Å². The van der Waals surface area contributed by atoms with E-state index in [1.165, 1.54) is 0 Å². The summed E-state index contributed by atoms with van der Waals surface area (Å²) in [6.45, 7) is 6.82. The molecule has 0 aliphatic rings. The summed E-state index contributed by atoms with van der Waals surface area (Å²) in [4.78, 5) is 0. The van der Waals surface area contributed by atoms with Crippen LogP contribution in [-0.2, 0) is 5.60 Å². The largest absolute Gasteiger partial charge is 0.493 e. The van der Waals surface area contributed by atoms with Gasteiger partial charge in [-0.05, 0) is 18.4 Å². The monoisotopic (exact) mass is 237 g/mol. The molecular weight excluding hydrogens is 214 g/mol. The molecular formula is C14H23NO2. The van der Waals surface area contributed by atoms with E-state index in [-0.39, 0.29) is 12.5 Å². The lowest BCUT2D eigenvalue weighted by Crippen LogP contribution is -2.40. The first-order valence-electron chi connectivity index (χ1n) is 6.21. The maximum Gasteiger partial charge on any atom is 0.125 e. The number of hydrogen-bond acceptors (Lipinski definition) is 3. The molecule has 0 aromatic heterocycles. The van der Waals surface area contributed by atoms with Crippen LogP contribution in [0.25, 0.3) is 0 Å². The molecule has 96 valence electrons. The van der Waals surface area contributed by atoms with Crippen molar-refractivity contribution in [2.75, 3.05) is 13.2 Å². The predicted octanol–water partition coefficient (Wildman–Crippen LogP) is 2.28. The molecule has 0 aliphatic heterocycles. The highest BCUT2D eigenvalue weighted by molar-refractivity contribution is 5.38. The molecule has 1 rings (SSSR count). The normalized spacial score (nSPS) is 14.7. The van der Waals surface area contributed by atoms with E-state index in [9.17, 15) is 5.11 Å². The summed E-state index contributed by atoms with van der Waals surface area (Å²) < 4.78 is 5.67. The van der Waals surface area contributed by atoms with Crippen LogP contribution in [0.1, 0.15) is 32.8 Å². The summed E-state index contributed by atoms with van der Waals surface area (Å²) in [6.07, 6.45) is 0.942.